The maximum atomic E-state index is 14.1. The second kappa shape index (κ2) is 16.9. The van der Waals surface area contributed by atoms with Crippen molar-refractivity contribution < 1.29 is 23.9 Å². The van der Waals surface area contributed by atoms with Crippen LogP contribution in [0.15, 0.2) is 46.0 Å². The van der Waals surface area contributed by atoms with E-state index in [2.05, 4.69) is 28.6 Å². The van der Waals surface area contributed by atoms with Gasteiger partial charge < -0.3 is 19.3 Å². The number of nitrogens with zero attached hydrogens (tertiary/aromatic N) is 5. The number of carbonyl (C=O) groups is 3. The van der Waals surface area contributed by atoms with Crippen LogP contribution < -0.4 is 0 Å². The van der Waals surface area contributed by atoms with Crippen LogP contribution in [0.2, 0.25) is 10.0 Å². The third kappa shape index (κ3) is 7.93. The Morgan fingerprint density at radius 3 is 2.20 bits per heavy atom. The van der Waals surface area contributed by atoms with Gasteiger partial charge in [0.15, 0.2) is 0 Å². The largest absolute Gasteiger partial charge is 0.468 e. The molecule has 1 amide bonds. The van der Waals surface area contributed by atoms with Crippen LogP contribution in [0.1, 0.15) is 68.9 Å². The fourth-order valence-electron chi connectivity index (χ4n) is 9.27. The summed E-state index contributed by atoms with van der Waals surface area (Å²) in [6.07, 6.45) is 7.57. The highest BCUT2D eigenvalue weighted by Gasteiger charge is 2.48. The molecule has 0 radical (unpaired) electrons. The maximum Gasteiger partial charge on any atom is 0.336 e. The van der Waals surface area contributed by atoms with Crippen molar-refractivity contribution in [3.05, 3.63) is 61.7 Å². The van der Waals surface area contributed by atoms with E-state index in [1.807, 2.05) is 10.3 Å². The van der Waals surface area contributed by atoms with Gasteiger partial charge in [-0.3, -0.25) is 19.5 Å². The van der Waals surface area contributed by atoms with E-state index in [1.54, 1.807) is 24.4 Å². The summed E-state index contributed by atoms with van der Waals surface area (Å²) in [6.45, 7) is 9.63. The molecule has 0 N–H and O–H groups in total. The average molecular weight is 759 g/mol. The third-order valence-corrected chi connectivity index (χ3v) is 13.1. The zero-order chi connectivity index (χ0) is 36.2. The number of benzene rings is 1. The number of aromatic nitrogens is 1. The minimum absolute atomic E-state index is 0.0910. The summed E-state index contributed by atoms with van der Waals surface area (Å²) >= 11 is 15.0. The quantitative estimate of drug-likeness (QED) is 0.234. The number of rotatable bonds is 12. The molecule has 4 unspecified atom stereocenters. The van der Waals surface area contributed by atoms with Crippen LogP contribution in [0.5, 0.6) is 0 Å². The Bertz CT molecular complexity index is 1600. The molecule has 276 valence electrons. The van der Waals surface area contributed by atoms with Gasteiger partial charge in [0.1, 0.15) is 5.92 Å². The van der Waals surface area contributed by atoms with Crippen molar-refractivity contribution in [2.45, 2.75) is 76.8 Å². The Morgan fingerprint density at radius 2 is 1.63 bits per heavy atom. The zero-order valence-corrected chi connectivity index (χ0v) is 32.3. The van der Waals surface area contributed by atoms with Gasteiger partial charge in [0.05, 0.1) is 36.9 Å². The van der Waals surface area contributed by atoms with Crippen molar-refractivity contribution in [2.75, 3.05) is 53.5 Å². The lowest BCUT2D eigenvalue weighted by molar-refractivity contribution is -0.143. The molecule has 2 aliphatic carbocycles. The number of halogens is 2. The zero-order valence-electron chi connectivity index (χ0n) is 30.0. The molecule has 3 fully saturated rings. The second-order valence-electron chi connectivity index (χ2n) is 14.0. The number of hydrogen-bond donors (Lipinski definition) is 0. The van der Waals surface area contributed by atoms with Crippen LogP contribution in [0.4, 0.5) is 0 Å². The highest BCUT2D eigenvalue weighted by molar-refractivity contribution is 7.09. The molecule has 51 heavy (non-hydrogen) atoms. The predicted molar refractivity (Wildman–Crippen MR) is 200 cm³/mol. The van der Waals surface area contributed by atoms with E-state index in [-0.39, 0.29) is 33.6 Å². The number of methoxy groups -OCH3 is 2. The minimum atomic E-state index is -1.02. The minimum Gasteiger partial charge on any atom is -0.468 e. The van der Waals surface area contributed by atoms with Gasteiger partial charge in [0.2, 0.25) is 5.91 Å². The van der Waals surface area contributed by atoms with Crippen molar-refractivity contribution in [2.24, 2.45) is 22.7 Å². The molecule has 4 aliphatic rings. The number of aliphatic imine (C=N–C) groups is 1. The Kier molecular flexibility index (Phi) is 12.6. The Balaban J connectivity index is 1.25. The fraction of sp³-hybridized carbons (Fsp3) is 0.605. The van der Waals surface area contributed by atoms with Crippen LogP contribution in [0.3, 0.4) is 0 Å². The maximum absolute atomic E-state index is 14.1. The lowest BCUT2D eigenvalue weighted by Gasteiger charge is -2.47. The van der Waals surface area contributed by atoms with E-state index in [0.717, 1.165) is 43.0 Å². The molecule has 2 bridgehead atoms. The predicted octanol–water partition coefficient (Wildman–Crippen LogP) is 6.27. The molecule has 6 rings (SSSR count). The number of esters is 2. The lowest BCUT2D eigenvalue weighted by atomic mass is 9.74. The standard InChI is InChI=1S/C38H49Cl2N5O5S/c1-5-43(6-2)36-23-10-11-24(36)21-25(20-23)44-15-17-45(18-16-44)31(46)22-29-34(38(48)50-4)35(32-26(39)8-7-9-27(32)40)33(37(47)49-3)28(42-29)12-13-30-41-14-19-51-30/h7-9,14,19,23-25,33,35-36H,5-6,10-13,15-18,20-22H2,1-4H3. The molecule has 2 saturated carbocycles. The van der Waals surface area contributed by atoms with Crippen molar-refractivity contribution in [1.29, 1.82) is 0 Å². The van der Waals surface area contributed by atoms with Crippen LogP contribution in [-0.2, 0) is 30.3 Å². The van der Waals surface area contributed by atoms with E-state index >= 15 is 0 Å². The number of ether oxygens (including phenoxy) is 2. The number of piperazine rings is 1. The smallest absolute Gasteiger partial charge is 0.336 e. The van der Waals surface area contributed by atoms with E-state index in [1.165, 1.54) is 51.2 Å². The SMILES string of the molecule is CCN(CC)C1C2CCC1CC(N1CCN(C(=O)CC3=C(C(=O)OC)C(c4c(Cl)cccc4Cl)C(C(=O)OC)C(CCc4nccs4)=N3)CC1)C2. The molecule has 2 aromatic rings. The third-order valence-electron chi connectivity index (χ3n) is 11.6. The molecular weight excluding hydrogens is 709 g/mol. The van der Waals surface area contributed by atoms with E-state index in [0.29, 0.717) is 49.3 Å². The first-order valence-electron chi connectivity index (χ1n) is 18.2. The van der Waals surface area contributed by atoms with Crippen LogP contribution in [0.25, 0.3) is 0 Å². The van der Waals surface area contributed by atoms with Gasteiger partial charge in [-0.2, -0.15) is 0 Å². The molecular formula is C38H49Cl2N5O5S. The summed E-state index contributed by atoms with van der Waals surface area (Å²) in [5.74, 6) is -1.91. The van der Waals surface area contributed by atoms with Gasteiger partial charge in [0.25, 0.3) is 0 Å². The van der Waals surface area contributed by atoms with Crippen molar-refractivity contribution in [3.8, 4) is 0 Å². The summed E-state index contributed by atoms with van der Waals surface area (Å²) in [6, 6.07) is 6.30. The van der Waals surface area contributed by atoms with E-state index < -0.39 is 23.8 Å². The molecule has 1 saturated heterocycles. The first kappa shape index (κ1) is 37.9. The number of thiazole rings is 1. The van der Waals surface area contributed by atoms with Crippen molar-refractivity contribution in [1.82, 2.24) is 19.7 Å². The summed E-state index contributed by atoms with van der Waals surface area (Å²) < 4.78 is 10.6. The molecule has 4 atom stereocenters. The Morgan fingerprint density at radius 1 is 0.961 bits per heavy atom. The molecule has 2 aliphatic heterocycles. The second-order valence-corrected chi connectivity index (χ2v) is 15.8. The topological polar surface area (TPSA) is 105 Å². The summed E-state index contributed by atoms with van der Waals surface area (Å²) in [5, 5.41) is 3.33. The van der Waals surface area contributed by atoms with Crippen LogP contribution in [-0.4, -0.2) is 109 Å². The summed E-state index contributed by atoms with van der Waals surface area (Å²) in [5.41, 5.74) is 1.22. The number of aryl methyl sites for hydroxylation is 1. The van der Waals surface area contributed by atoms with Gasteiger partial charge >= 0.3 is 11.9 Å². The monoisotopic (exact) mass is 757 g/mol. The first-order valence-corrected chi connectivity index (χ1v) is 19.9. The highest BCUT2D eigenvalue weighted by atomic mass is 35.5. The summed E-state index contributed by atoms with van der Waals surface area (Å²) in [4.78, 5) is 57.9. The summed E-state index contributed by atoms with van der Waals surface area (Å²) in [7, 11) is 2.57. The average Bonchev–Trinajstić information content (AvgIpc) is 3.75. The normalized spacial score (nSPS) is 26.7. The van der Waals surface area contributed by atoms with Gasteiger partial charge in [-0.1, -0.05) is 43.1 Å². The molecule has 0 spiro atoms. The Hall–Kier alpha value is -2.83. The fourth-order valence-corrected chi connectivity index (χ4v) is 10.5. The van der Waals surface area contributed by atoms with Gasteiger partial charge in [-0.25, -0.2) is 9.78 Å². The van der Waals surface area contributed by atoms with Gasteiger partial charge in [0, 0.05) is 77.9 Å². The molecule has 10 nitrogen and oxygen atoms in total. The highest BCUT2D eigenvalue weighted by Crippen LogP contribution is 2.48. The van der Waals surface area contributed by atoms with Crippen molar-refractivity contribution >= 4 is 58.1 Å². The molecule has 13 heteroatoms. The van der Waals surface area contributed by atoms with Crippen LogP contribution >= 0.6 is 34.5 Å². The van der Waals surface area contributed by atoms with Crippen molar-refractivity contribution in [3.63, 3.8) is 0 Å². The molecule has 3 heterocycles. The Labute approximate surface area is 315 Å². The van der Waals surface area contributed by atoms with E-state index in [9.17, 15) is 14.4 Å². The molecule has 1 aromatic carbocycles. The number of amides is 1. The number of fused-ring (bicyclic) bond motifs is 2. The first-order chi connectivity index (χ1) is 24.7. The van der Waals surface area contributed by atoms with Gasteiger partial charge in [-0.15, -0.1) is 11.3 Å². The van der Waals surface area contributed by atoms with Crippen LogP contribution in [0, 0.1) is 17.8 Å². The van der Waals surface area contributed by atoms with Gasteiger partial charge in [-0.05, 0) is 74.7 Å². The lowest BCUT2D eigenvalue weighted by Crippen LogP contribution is -2.55. The number of carbonyl (C=O) groups excluding carboxylic acids is 3. The van der Waals surface area contributed by atoms with E-state index in [4.69, 9.17) is 37.7 Å². The molecule has 1 aromatic heterocycles. The number of hydrogen-bond acceptors (Lipinski definition) is 10.